The highest BCUT2D eigenvalue weighted by Crippen LogP contribution is 2.33. The number of nitriles is 2. The Morgan fingerprint density at radius 1 is 1.25 bits per heavy atom. The number of ether oxygens (including phenoxy) is 2. The molecular formula is C12H10N4O4. The largest absolute Gasteiger partial charge is 0.493 e. The minimum atomic E-state index is -1.22. The third-order valence-electron chi connectivity index (χ3n) is 2.25. The van der Waals surface area contributed by atoms with Gasteiger partial charge >= 0.3 is 5.97 Å². The summed E-state index contributed by atoms with van der Waals surface area (Å²) < 4.78 is 10.0. The molecule has 0 unspecified atom stereocenters. The lowest BCUT2D eigenvalue weighted by atomic mass is 10.1. The second-order valence-electron chi connectivity index (χ2n) is 3.35. The molecule has 0 amide bonds. The Kier molecular flexibility index (Phi) is 4.89. The van der Waals surface area contributed by atoms with E-state index in [0.717, 1.165) is 0 Å². The van der Waals surface area contributed by atoms with Crippen LogP contribution in [-0.2, 0) is 0 Å². The Labute approximate surface area is 114 Å². The van der Waals surface area contributed by atoms with Crippen LogP contribution in [0.1, 0.15) is 10.4 Å². The number of carbonyl (C=O) groups is 1. The van der Waals surface area contributed by atoms with Crippen LogP contribution in [0.25, 0.3) is 0 Å². The summed E-state index contributed by atoms with van der Waals surface area (Å²) in [5.41, 5.74) is 1.85. The minimum Gasteiger partial charge on any atom is -0.493 e. The minimum absolute atomic E-state index is 0.0677. The van der Waals surface area contributed by atoms with E-state index < -0.39 is 11.7 Å². The van der Waals surface area contributed by atoms with Gasteiger partial charge in [0.2, 0.25) is 5.71 Å². The van der Waals surface area contributed by atoms with Gasteiger partial charge in [-0.2, -0.15) is 15.6 Å². The molecule has 102 valence electrons. The molecule has 0 heterocycles. The molecule has 0 saturated heterocycles. The Morgan fingerprint density at radius 2 is 1.80 bits per heavy atom. The van der Waals surface area contributed by atoms with Crippen LogP contribution in [-0.4, -0.2) is 31.0 Å². The molecule has 0 fully saturated rings. The van der Waals surface area contributed by atoms with E-state index in [1.54, 1.807) is 12.1 Å². The molecule has 0 atom stereocenters. The third kappa shape index (κ3) is 3.15. The fourth-order valence-electron chi connectivity index (χ4n) is 1.34. The van der Waals surface area contributed by atoms with Gasteiger partial charge in [-0.05, 0) is 0 Å². The second kappa shape index (κ2) is 6.61. The molecule has 0 aliphatic heterocycles. The molecule has 8 nitrogen and oxygen atoms in total. The average Bonchev–Trinajstić information content (AvgIpc) is 2.47. The topological polar surface area (TPSA) is 128 Å². The highest BCUT2D eigenvalue weighted by molar-refractivity contribution is 6.10. The maximum absolute atomic E-state index is 11.2. The Balaban J connectivity index is 3.31. The highest BCUT2D eigenvalue weighted by atomic mass is 16.5. The number of methoxy groups -OCH3 is 2. The normalized spacial score (nSPS) is 8.80. The lowest BCUT2D eigenvalue weighted by Gasteiger charge is -2.12. The van der Waals surface area contributed by atoms with Crippen molar-refractivity contribution >= 4 is 17.4 Å². The standard InChI is InChI=1S/C12H10N4O4/c1-19-10-3-8(12(17)18)9(4-11(10)20-2)16-15-7(5-13)6-14/h3-4,16H,1-2H3,(H,17,18). The zero-order chi connectivity index (χ0) is 15.1. The number of anilines is 1. The molecule has 0 aliphatic rings. The van der Waals surface area contributed by atoms with E-state index >= 15 is 0 Å². The predicted molar refractivity (Wildman–Crippen MR) is 68.8 cm³/mol. The SMILES string of the molecule is COc1cc(NN=C(C#N)C#N)c(C(=O)O)cc1OC. The van der Waals surface area contributed by atoms with Crippen molar-refractivity contribution in [2.45, 2.75) is 0 Å². The molecule has 8 heteroatoms. The number of nitrogens with zero attached hydrogens (tertiary/aromatic N) is 3. The van der Waals surface area contributed by atoms with E-state index in [2.05, 4.69) is 10.5 Å². The number of carboxylic acids is 1. The molecule has 0 aromatic heterocycles. The van der Waals surface area contributed by atoms with Crippen LogP contribution in [0, 0.1) is 22.7 Å². The zero-order valence-corrected chi connectivity index (χ0v) is 10.7. The summed E-state index contributed by atoms with van der Waals surface area (Å²) in [6.07, 6.45) is 0. The Hall–Kier alpha value is -3.26. The van der Waals surface area contributed by atoms with Gasteiger partial charge in [0.15, 0.2) is 11.5 Å². The number of aromatic carboxylic acids is 1. The van der Waals surface area contributed by atoms with Crippen molar-refractivity contribution in [3.63, 3.8) is 0 Å². The number of carboxylic acid groups (broad SMARTS) is 1. The summed E-state index contributed by atoms with van der Waals surface area (Å²) >= 11 is 0. The van der Waals surface area contributed by atoms with Crippen molar-refractivity contribution in [2.24, 2.45) is 5.10 Å². The number of benzene rings is 1. The zero-order valence-electron chi connectivity index (χ0n) is 10.7. The van der Waals surface area contributed by atoms with Crippen LogP contribution in [0.3, 0.4) is 0 Å². The van der Waals surface area contributed by atoms with Crippen molar-refractivity contribution < 1.29 is 19.4 Å². The summed E-state index contributed by atoms with van der Waals surface area (Å²) in [6, 6.07) is 5.68. The Morgan fingerprint density at radius 3 is 2.25 bits per heavy atom. The molecule has 1 aromatic rings. The maximum Gasteiger partial charge on any atom is 0.338 e. The summed E-state index contributed by atoms with van der Waals surface area (Å²) in [5, 5.41) is 29.7. The lowest BCUT2D eigenvalue weighted by Crippen LogP contribution is -2.05. The molecule has 0 bridgehead atoms. The second-order valence-corrected chi connectivity index (χ2v) is 3.35. The monoisotopic (exact) mass is 274 g/mol. The highest BCUT2D eigenvalue weighted by Gasteiger charge is 2.16. The van der Waals surface area contributed by atoms with Gasteiger partial charge < -0.3 is 14.6 Å². The van der Waals surface area contributed by atoms with E-state index in [0.29, 0.717) is 0 Å². The van der Waals surface area contributed by atoms with Crippen molar-refractivity contribution in [1.29, 1.82) is 10.5 Å². The maximum atomic E-state index is 11.2. The van der Waals surface area contributed by atoms with Crippen LogP contribution in [0.4, 0.5) is 5.69 Å². The fraction of sp³-hybridized carbons (Fsp3) is 0.167. The number of hydrogen-bond donors (Lipinski definition) is 2. The first-order chi connectivity index (χ1) is 9.57. The average molecular weight is 274 g/mol. The van der Waals surface area contributed by atoms with E-state index in [-0.39, 0.29) is 22.7 Å². The molecular weight excluding hydrogens is 264 g/mol. The quantitative estimate of drug-likeness (QED) is 0.610. The van der Waals surface area contributed by atoms with Gasteiger partial charge in [0.1, 0.15) is 12.1 Å². The van der Waals surface area contributed by atoms with Crippen LogP contribution in [0.15, 0.2) is 17.2 Å². The van der Waals surface area contributed by atoms with Gasteiger partial charge in [0.25, 0.3) is 0 Å². The van der Waals surface area contributed by atoms with Crippen LogP contribution in [0.5, 0.6) is 11.5 Å². The van der Waals surface area contributed by atoms with Crippen molar-refractivity contribution in [2.75, 3.05) is 19.6 Å². The van der Waals surface area contributed by atoms with Crippen molar-refractivity contribution in [1.82, 2.24) is 0 Å². The van der Waals surface area contributed by atoms with Crippen molar-refractivity contribution in [3.8, 4) is 23.6 Å². The molecule has 0 aliphatic carbocycles. The van der Waals surface area contributed by atoms with Crippen LogP contribution >= 0.6 is 0 Å². The van der Waals surface area contributed by atoms with Gasteiger partial charge in [0, 0.05) is 12.1 Å². The third-order valence-corrected chi connectivity index (χ3v) is 2.25. The fourth-order valence-corrected chi connectivity index (χ4v) is 1.34. The van der Waals surface area contributed by atoms with Crippen LogP contribution in [0.2, 0.25) is 0 Å². The molecule has 1 rings (SSSR count). The smallest absolute Gasteiger partial charge is 0.338 e. The van der Waals surface area contributed by atoms with Gasteiger partial charge in [-0.15, -0.1) is 0 Å². The summed E-state index contributed by atoms with van der Waals surface area (Å²) in [7, 11) is 2.76. The molecule has 0 saturated carbocycles. The van der Waals surface area contributed by atoms with Gasteiger partial charge in [-0.25, -0.2) is 4.79 Å². The van der Waals surface area contributed by atoms with E-state index in [1.807, 2.05) is 0 Å². The molecule has 1 aromatic carbocycles. The van der Waals surface area contributed by atoms with Gasteiger partial charge in [-0.3, -0.25) is 5.43 Å². The lowest BCUT2D eigenvalue weighted by molar-refractivity contribution is 0.0697. The van der Waals surface area contributed by atoms with Crippen molar-refractivity contribution in [3.05, 3.63) is 17.7 Å². The summed E-state index contributed by atoms with van der Waals surface area (Å²) in [4.78, 5) is 11.2. The van der Waals surface area contributed by atoms with Gasteiger partial charge in [0.05, 0.1) is 25.5 Å². The van der Waals surface area contributed by atoms with E-state index in [4.69, 9.17) is 25.1 Å². The summed E-state index contributed by atoms with van der Waals surface area (Å²) in [6.45, 7) is 0. The molecule has 2 N–H and O–H groups in total. The van der Waals surface area contributed by atoms with Crippen LogP contribution < -0.4 is 14.9 Å². The van der Waals surface area contributed by atoms with Gasteiger partial charge in [-0.1, -0.05) is 0 Å². The molecule has 0 spiro atoms. The number of hydrogen-bond acceptors (Lipinski definition) is 7. The first-order valence-electron chi connectivity index (χ1n) is 5.20. The van der Waals surface area contributed by atoms with E-state index in [1.165, 1.54) is 26.4 Å². The Bertz CT molecular complexity index is 624. The molecule has 0 radical (unpaired) electrons. The number of hydrazone groups is 1. The first-order valence-corrected chi connectivity index (χ1v) is 5.20. The first kappa shape index (κ1) is 14.8. The number of nitrogens with one attached hydrogen (secondary N) is 1. The van der Waals surface area contributed by atoms with E-state index in [9.17, 15) is 4.79 Å². The number of rotatable bonds is 5. The summed E-state index contributed by atoms with van der Waals surface area (Å²) in [5.74, 6) is -0.704. The molecule has 20 heavy (non-hydrogen) atoms. The predicted octanol–water partition coefficient (Wildman–Crippen LogP) is 1.22.